The fourth-order valence-corrected chi connectivity index (χ4v) is 3.03. The van der Waals surface area contributed by atoms with Crippen molar-refractivity contribution in [2.45, 2.75) is 16.6 Å². The SMILES string of the molecule is O=S(=O)(c1ccc(Cl)nc1)[C@@H]1C=CCC(F)=C1. The Balaban J connectivity index is 2.40. The molecule has 1 aliphatic rings. The summed E-state index contributed by atoms with van der Waals surface area (Å²) in [7, 11) is -3.64. The first-order valence-corrected chi connectivity index (χ1v) is 6.81. The predicted octanol–water partition coefficient (Wildman–Crippen LogP) is 2.69. The lowest BCUT2D eigenvalue weighted by atomic mass is 10.2. The van der Waals surface area contributed by atoms with Crippen LogP contribution in [0.4, 0.5) is 4.39 Å². The molecule has 17 heavy (non-hydrogen) atoms. The number of rotatable bonds is 2. The first-order chi connectivity index (χ1) is 8.00. The third-order valence-corrected chi connectivity index (χ3v) is 4.50. The van der Waals surface area contributed by atoms with Gasteiger partial charge in [-0.1, -0.05) is 23.8 Å². The number of sulfone groups is 1. The van der Waals surface area contributed by atoms with E-state index in [0.29, 0.717) is 0 Å². The summed E-state index contributed by atoms with van der Waals surface area (Å²) < 4.78 is 37.2. The molecule has 0 aromatic carbocycles. The van der Waals surface area contributed by atoms with Crippen LogP contribution in [-0.4, -0.2) is 18.7 Å². The van der Waals surface area contributed by atoms with Gasteiger partial charge in [0.05, 0.1) is 4.90 Å². The topological polar surface area (TPSA) is 47.0 Å². The van der Waals surface area contributed by atoms with Crippen molar-refractivity contribution in [3.05, 3.63) is 47.5 Å². The van der Waals surface area contributed by atoms with Crippen LogP contribution < -0.4 is 0 Å². The van der Waals surface area contributed by atoms with Crippen LogP contribution in [-0.2, 0) is 9.84 Å². The molecule has 1 aromatic rings. The average molecular weight is 274 g/mol. The second-order valence-electron chi connectivity index (χ2n) is 3.57. The molecule has 0 spiro atoms. The Labute approximate surface area is 104 Å². The van der Waals surface area contributed by atoms with Crippen LogP contribution in [0.15, 0.2) is 47.3 Å². The summed E-state index contributed by atoms with van der Waals surface area (Å²) in [6, 6.07) is 2.75. The second kappa shape index (κ2) is 4.58. The number of allylic oxidation sites excluding steroid dienone is 2. The zero-order chi connectivity index (χ0) is 12.5. The van der Waals surface area contributed by atoms with Crippen LogP contribution >= 0.6 is 11.6 Å². The highest BCUT2D eigenvalue weighted by molar-refractivity contribution is 7.92. The van der Waals surface area contributed by atoms with E-state index in [2.05, 4.69) is 4.98 Å². The molecule has 1 atom stereocenters. The maximum Gasteiger partial charge on any atom is 0.189 e. The molecule has 90 valence electrons. The predicted molar refractivity (Wildman–Crippen MR) is 63.2 cm³/mol. The molecular formula is C11H9ClFNO2S. The van der Waals surface area contributed by atoms with Crippen molar-refractivity contribution in [1.29, 1.82) is 0 Å². The molecule has 1 heterocycles. The van der Waals surface area contributed by atoms with Crippen molar-refractivity contribution in [2.75, 3.05) is 0 Å². The Morgan fingerprint density at radius 2 is 2.18 bits per heavy atom. The van der Waals surface area contributed by atoms with Crippen LogP contribution in [0, 0.1) is 0 Å². The minimum Gasteiger partial charge on any atom is -0.243 e. The summed E-state index contributed by atoms with van der Waals surface area (Å²) >= 11 is 5.58. The third kappa shape index (κ3) is 2.56. The van der Waals surface area contributed by atoms with Gasteiger partial charge in [-0.05, 0) is 18.2 Å². The van der Waals surface area contributed by atoms with Crippen LogP contribution in [0.1, 0.15) is 6.42 Å². The monoisotopic (exact) mass is 273 g/mol. The van der Waals surface area contributed by atoms with Crippen molar-refractivity contribution in [3.8, 4) is 0 Å². The molecule has 0 saturated carbocycles. The molecule has 0 saturated heterocycles. The van der Waals surface area contributed by atoms with E-state index in [1.54, 1.807) is 0 Å². The smallest absolute Gasteiger partial charge is 0.189 e. The normalized spacial score (nSPS) is 20.1. The summed E-state index contributed by atoms with van der Waals surface area (Å²) in [5.74, 6) is -0.442. The van der Waals surface area contributed by atoms with Crippen molar-refractivity contribution >= 4 is 21.4 Å². The minimum atomic E-state index is -3.64. The average Bonchev–Trinajstić information content (AvgIpc) is 2.29. The van der Waals surface area contributed by atoms with Gasteiger partial charge in [-0.3, -0.25) is 0 Å². The van der Waals surface area contributed by atoms with Crippen LogP contribution in [0.2, 0.25) is 5.15 Å². The van der Waals surface area contributed by atoms with Gasteiger partial charge in [-0.15, -0.1) is 0 Å². The van der Waals surface area contributed by atoms with Gasteiger partial charge in [0.15, 0.2) is 9.84 Å². The number of aromatic nitrogens is 1. The molecule has 3 nitrogen and oxygen atoms in total. The van der Waals surface area contributed by atoms with E-state index in [9.17, 15) is 12.8 Å². The zero-order valence-electron chi connectivity index (χ0n) is 8.68. The van der Waals surface area contributed by atoms with E-state index in [1.807, 2.05) is 0 Å². The van der Waals surface area contributed by atoms with Gasteiger partial charge < -0.3 is 0 Å². The van der Waals surface area contributed by atoms with Gasteiger partial charge in [-0.25, -0.2) is 17.8 Å². The second-order valence-corrected chi connectivity index (χ2v) is 6.07. The summed E-state index contributed by atoms with van der Waals surface area (Å²) in [6.45, 7) is 0. The Morgan fingerprint density at radius 3 is 2.76 bits per heavy atom. The quantitative estimate of drug-likeness (QED) is 0.615. The largest absolute Gasteiger partial charge is 0.243 e. The Kier molecular flexibility index (Phi) is 3.31. The van der Waals surface area contributed by atoms with Gasteiger partial charge in [0.1, 0.15) is 16.2 Å². The molecule has 6 heteroatoms. The van der Waals surface area contributed by atoms with Crippen molar-refractivity contribution < 1.29 is 12.8 Å². The molecule has 0 N–H and O–H groups in total. The maximum atomic E-state index is 13.1. The molecule has 0 aliphatic heterocycles. The van der Waals surface area contributed by atoms with Gasteiger partial charge in [0.25, 0.3) is 0 Å². The number of halogens is 2. The highest BCUT2D eigenvalue weighted by atomic mass is 35.5. The first-order valence-electron chi connectivity index (χ1n) is 4.88. The highest BCUT2D eigenvalue weighted by Gasteiger charge is 2.25. The van der Waals surface area contributed by atoms with Crippen LogP contribution in [0.5, 0.6) is 0 Å². The fourth-order valence-electron chi connectivity index (χ4n) is 1.50. The lowest BCUT2D eigenvalue weighted by Gasteiger charge is -2.13. The van der Waals surface area contributed by atoms with E-state index in [0.717, 1.165) is 6.08 Å². The van der Waals surface area contributed by atoms with Crippen LogP contribution in [0.25, 0.3) is 0 Å². The summed E-state index contributed by atoms with van der Waals surface area (Å²) in [5, 5.41) is -0.760. The van der Waals surface area contributed by atoms with Gasteiger partial charge >= 0.3 is 0 Å². The van der Waals surface area contributed by atoms with E-state index >= 15 is 0 Å². The lowest BCUT2D eigenvalue weighted by molar-refractivity contribution is 0.583. The van der Waals surface area contributed by atoms with Gasteiger partial charge in [0.2, 0.25) is 0 Å². The molecule has 1 aliphatic carbocycles. The minimum absolute atomic E-state index is 0.0301. The van der Waals surface area contributed by atoms with Gasteiger partial charge in [0, 0.05) is 12.6 Å². The van der Waals surface area contributed by atoms with E-state index in [4.69, 9.17) is 11.6 Å². The number of hydrogen-bond acceptors (Lipinski definition) is 3. The molecule has 1 aromatic heterocycles. The Hall–Kier alpha value is -1.20. The zero-order valence-corrected chi connectivity index (χ0v) is 10.2. The first kappa shape index (κ1) is 12.3. The standard InChI is InChI=1S/C11H9ClFNO2S/c12-11-5-4-10(7-14-11)17(15,16)9-3-1-2-8(13)6-9/h1,3-7,9H,2H2/t9-/m1/s1. The van der Waals surface area contributed by atoms with E-state index in [1.165, 1.54) is 30.5 Å². The Bertz CT molecular complexity index is 578. The summed E-state index contributed by atoms with van der Waals surface area (Å²) in [5.41, 5.74) is 0. The molecule has 0 amide bonds. The highest BCUT2D eigenvalue weighted by Crippen LogP contribution is 2.23. The lowest BCUT2D eigenvalue weighted by Crippen LogP contribution is -2.19. The van der Waals surface area contributed by atoms with Crippen LogP contribution in [0.3, 0.4) is 0 Å². The molecule has 0 bridgehead atoms. The fraction of sp³-hybridized carbons (Fsp3) is 0.182. The number of nitrogens with zero attached hydrogens (tertiary/aromatic N) is 1. The van der Waals surface area contributed by atoms with Crippen molar-refractivity contribution in [1.82, 2.24) is 4.98 Å². The molecule has 0 unspecified atom stereocenters. The molecular weight excluding hydrogens is 265 g/mol. The Morgan fingerprint density at radius 1 is 1.41 bits per heavy atom. The number of pyridine rings is 1. The number of hydrogen-bond donors (Lipinski definition) is 0. The summed E-state index contributed by atoms with van der Waals surface area (Å²) in [4.78, 5) is 3.74. The van der Waals surface area contributed by atoms with Gasteiger partial charge in [-0.2, -0.15) is 0 Å². The van der Waals surface area contributed by atoms with Crippen molar-refractivity contribution in [3.63, 3.8) is 0 Å². The molecule has 2 rings (SSSR count). The van der Waals surface area contributed by atoms with E-state index < -0.39 is 20.9 Å². The summed E-state index contributed by atoms with van der Waals surface area (Å²) in [6.07, 6.45) is 5.38. The maximum absolute atomic E-state index is 13.1. The molecule has 0 radical (unpaired) electrons. The van der Waals surface area contributed by atoms with E-state index in [-0.39, 0.29) is 16.5 Å². The van der Waals surface area contributed by atoms with Crippen molar-refractivity contribution in [2.24, 2.45) is 0 Å². The molecule has 0 fully saturated rings. The third-order valence-electron chi connectivity index (χ3n) is 2.37.